The molecule has 2 aromatic carbocycles. The maximum atomic E-state index is 11.9. The smallest absolute Gasteiger partial charge is 0.399 e. The number of unbranched alkanes of at least 4 members (excludes halogenated alkanes) is 3. The number of carbonyl (C=O) groups excluding carboxylic acids is 2. The van der Waals surface area contributed by atoms with Crippen LogP contribution in [0, 0.1) is 0 Å². The van der Waals surface area contributed by atoms with Crippen molar-refractivity contribution in [1.29, 1.82) is 0 Å². The summed E-state index contributed by atoms with van der Waals surface area (Å²) in [5, 5.41) is 9.67. The van der Waals surface area contributed by atoms with E-state index in [1.807, 2.05) is 29.6 Å². The minimum atomic E-state index is -4.83. The van der Waals surface area contributed by atoms with Gasteiger partial charge >= 0.3 is 24.2 Å². The van der Waals surface area contributed by atoms with E-state index in [1.165, 1.54) is 0 Å². The lowest BCUT2D eigenvalue weighted by molar-refractivity contribution is -0.173. The molecule has 0 radical (unpaired) electrons. The average Bonchev–Trinajstić information content (AvgIpc) is 2.84. The van der Waals surface area contributed by atoms with E-state index in [-0.39, 0.29) is 19.6 Å². The Morgan fingerprint density at radius 3 is 1.34 bits per heavy atom. The third-order valence-electron chi connectivity index (χ3n) is 4.79. The highest BCUT2D eigenvalue weighted by Crippen LogP contribution is 2.15. The second-order valence-electron chi connectivity index (χ2n) is 8.02. The van der Waals surface area contributed by atoms with Crippen LogP contribution >= 0.6 is 0 Å². The number of amides is 2. The summed E-state index contributed by atoms with van der Waals surface area (Å²) in [5.41, 5.74) is 14.0. The number of anilines is 4. The first-order chi connectivity index (χ1) is 17.8. The topological polar surface area (TPSA) is 134 Å². The molecule has 0 fully saturated rings. The van der Waals surface area contributed by atoms with Crippen LogP contribution in [-0.2, 0) is 9.59 Å². The van der Waals surface area contributed by atoms with Crippen LogP contribution in [0.25, 0.3) is 0 Å². The van der Waals surface area contributed by atoms with Crippen LogP contribution in [-0.4, -0.2) is 50.3 Å². The summed E-state index contributed by atoms with van der Waals surface area (Å²) in [7, 11) is 0. The number of halogens is 6. The molecule has 2 rings (SSSR count). The first-order valence-corrected chi connectivity index (χ1v) is 11.7. The highest BCUT2D eigenvalue weighted by atomic mass is 19.4. The molecule has 0 aliphatic carbocycles. The number of nitrogen functional groups attached to an aromatic ring is 2. The maximum Gasteiger partial charge on any atom is 0.471 e. The molecule has 0 saturated carbocycles. The molecule has 8 nitrogen and oxygen atoms in total. The maximum absolute atomic E-state index is 11.9. The summed E-state index contributed by atoms with van der Waals surface area (Å²) in [5.74, 6) is -3.80. The molecule has 14 heteroatoms. The fraction of sp³-hybridized carbons (Fsp3) is 0.417. The monoisotopic (exact) mass is 550 g/mol. The minimum absolute atomic E-state index is 0.0593. The zero-order valence-electron chi connectivity index (χ0n) is 20.5. The first kappa shape index (κ1) is 32.2. The molecule has 212 valence electrons. The van der Waals surface area contributed by atoms with Gasteiger partial charge in [-0.2, -0.15) is 26.3 Å². The lowest BCUT2D eigenvalue weighted by Gasteiger charge is -2.09. The van der Waals surface area contributed by atoms with Gasteiger partial charge in [0.05, 0.1) is 0 Å². The van der Waals surface area contributed by atoms with Crippen molar-refractivity contribution in [2.45, 2.75) is 38.0 Å². The standard InChI is InChI=1S/C14H20F3N3O.C10H12F3N3O/c15-14(16,17)13(21)20-10-4-2-1-3-9-19-12-7-5-11(18)6-8-12;11-10(12,13)9(17)16-6-5-15-8-3-1-7(14)2-4-8/h5-8,19H,1-4,9-10,18H2,(H,20,21);1-4,15H,5-6,14H2,(H,16,17). The first-order valence-electron chi connectivity index (χ1n) is 11.7. The molecular formula is C24H32F6N6O2. The molecule has 0 unspecified atom stereocenters. The Bertz CT molecular complexity index is 966. The van der Waals surface area contributed by atoms with Gasteiger partial charge in [0.2, 0.25) is 0 Å². The predicted octanol–water partition coefficient (Wildman–Crippen LogP) is 4.28. The Morgan fingerprint density at radius 1 is 0.553 bits per heavy atom. The van der Waals surface area contributed by atoms with Crippen molar-refractivity contribution < 1.29 is 35.9 Å². The van der Waals surface area contributed by atoms with Crippen LogP contribution in [0.1, 0.15) is 25.7 Å². The molecule has 0 heterocycles. The van der Waals surface area contributed by atoms with Crippen molar-refractivity contribution in [3.8, 4) is 0 Å². The normalized spacial score (nSPS) is 11.1. The number of nitrogens with two attached hydrogens (primary N) is 2. The quantitative estimate of drug-likeness (QED) is 0.133. The van der Waals surface area contributed by atoms with E-state index in [0.29, 0.717) is 17.8 Å². The van der Waals surface area contributed by atoms with E-state index in [4.69, 9.17) is 11.5 Å². The second kappa shape index (κ2) is 16.1. The lowest BCUT2D eigenvalue weighted by atomic mass is 10.2. The zero-order valence-corrected chi connectivity index (χ0v) is 20.5. The minimum Gasteiger partial charge on any atom is -0.399 e. The molecule has 0 bridgehead atoms. The molecule has 2 amide bonds. The summed E-state index contributed by atoms with van der Waals surface area (Å²) >= 11 is 0. The van der Waals surface area contributed by atoms with Crippen LogP contribution in [0.4, 0.5) is 49.1 Å². The Balaban J connectivity index is 0.000000389. The molecule has 0 aliphatic rings. The third kappa shape index (κ3) is 14.7. The highest BCUT2D eigenvalue weighted by molar-refractivity contribution is 5.82. The van der Waals surface area contributed by atoms with Gasteiger partial charge in [0, 0.05) is 48.9 Å². The number of alkyl halides is 6. The van der Waals surface area contributed by atoms with Gasteiger partial charge in [-0.25, -0.2) is 0 Å². The summed E-state index contributed by atoms with van der Waals surface area (Å²) in [4.78, 5) is 21.0. The van der Waals surface area contributed by atoms with Crippen LogP contribution in [0.2, 0.25) is 0 Å². The zero-order chi connectivity index (χ0) is 28.6. The van der Waals surface area contributed by atoms with Gasteiger partial charge in [0.25, 0.3) is 0 Å². The molecule has 0 aliphatic heterocycles. The van der Waals surface area contributed by atoms with E-state index in [0.717, 1.165) is 37.2 Å². The van der Waals surface area contributed by atoms with Crippen LogP contribution in [0.5, 0.6) is 0 Å². The predicted molar refractivity (Wildman–Crippen MR) is 135 cm³/mol. The van der Waals surface area contributed by atoms with Gasteiger partial charge in [-0.1, -0.05) is 12.8 Å². The molecule has 0 spiro atoms. The summed E-state index contributed by atoms with van der Waals surface area (Å²) in [6.45, 7) is 0.941. The van der Waals surface area contributed by atoms with Crippen molar-refractivity contribution in [2.24, 2.45) is 0 Å². The molecule has 2 aromatic rings. The summed E-state index contributed by atoms with van der Waals surface area (Å²) in [6.07, 6.45) is -6.49. The van der Waals surface area contributed by atoms with Crippen molar-refractivity contribution >= 4 is 34.6 Å². The van der Waals surface area contributed by atoms with Gasteiger partial charge in [0.1, 0.15) is 0 Å². The van der Waals surface area contributed by atoms with Gasteiger partial charge in [-0.05, 0) is 61.4 Å². The summed E-state index contributed by atoms with van der Waals surface area (Å²) in [6, 6.07) is 14.1. The third-order valence-corrected chi connectivity index (χ3v) is 4.79. The largest absolute Gasteiger partial charge is 0.471 e. The fourth-order valence-electron chi connectivity index (χ4n) is 2.82. The van der Waals surface area contributed by atoms with Gasteiger partial charge in [0.15, 0.2) is 0 Å². The Morgan fingerprint density at radius 2 is 0.921 bits per heavy atom. The van der Waals surface area contributed by atoms with Crippen LogP contribution in [0.3, 0.4) is 0 Å². The number of hydrogen-bond acceptors (Lipinski definition) is 6. The van der Waals surface area contributed by atoms with Crippen molar-refractivity contribution in [3.05, 3.63) is 48.5 Å². The van der Waals surface area contributed by atoms with Crippen molar-refractivity contribution in [3.63, 3.8) is 0 Å². The molecule has 0 aromatic heterocycles. The Kier molecular flexibility index (Phi) is 13.6. The Labute approximate surface area is 216 Å². The number of carbonyl (C=O) groups is 2. The van der Waals surface area contributed by atoms with Gasteiger partial charge < -0.3 is 32.7 Å². The SMILES string of the molecule is Nc1ccc(NCCCCCCNC(=O)C(F)(F)F)cc1.Nc1ccc(NCCNC(=O)C(F)(F)F)cc1. The van der Waals surface area contributed by atoms with Crippen molar-refractivity contribution in [1.82, 2.24) is 10.6 Å². The van der Waals surface area contributed by atoms with E-state index < -0.39 is 24.2 Å². The number of rotatable bonds is 12. The average molecular weight is 551 g/mol. The van der Waals surface area contributed by atoms with Gasteiger partial charge in [-0.15, -0.1) is 0 Å². The van der Waals surface area contributed by atoms with Gasteiger partial charge in [-0.3, -0.25) is 9.59 Å². The number of benzene rings is 2. The highest BCUT2D eigenvalue weighted by Gasteiger charge is 2.38. The van der Waals surface area contributed by atoms with E-state index in [1.54, 1.807) is 29.6 Å². The van der Waals surface area contributed by atoms with Crippen molar-refractivity contribution in [2.75, 3.05) is 48.3 Å². The lowest BCUT2D eigenvalue weighted by Crippen LogP contribution is -2.39. The summed E-state index contributed by atoms with van der Waals surface area (Å²) < 4.78 is 71.0. The van der Waals surface area contributed by atoms with E-state index in [9.17, 15) is 35.9 Å². The molecular weight excluding hydrogens is 518 g/mol. The Hall–Kier alpha value is -3.84. The van der Waals surface area contributed by atoms with E-state index >= 15 is 0 Å². The molecule has 0 saturated heterocycles. The number of hydrogen-bond donors (Lipinski definition) is 6. The fourth-order valence-corrected chi connectivity index (χ4v) is 2.82. The van der Waals surface area contributed by atoms with Crippen LogP contribution in [0.15, 0.2) is 48.5 Å². The second-order valence-corrected chi connectivity index (χ2v) is 8.02. The molecule has 38 heavy (non-hydrogen) atoms. The molecule has 8 N–H and O–H groups in total. The molecule has 0 atom stereocenters. The number of nitrogens with one attached hydrogen (secondary N) is 4. The van der Waals surface area contributed by atoms with E-state index in [2.05, 4.69) is 10.6 Å². The van der Waals surface area contributed by atoms with Crippen LogP contribution < -0.4 is 32.7 Å².